The fourth-order valence-electron chi connectivity index (χ4n) is 1.41. The Hall–Kier alpha value is -0.0800. The molecular formula is C16H40N2. The SMILES string of the molecule is CC.CCC.CCCCN(CCCC)CCCN. The zero-order valence-electron chi connectivity index (χ0n) is 14.1. The van der Waals surface area contributed by atoms with Crippen molar-refractivity contribution in [3.63, 3.8) is 0 Å². The molecular weight excluding hydrogens is 220 g/mol. The maximum Gasteiger partial charge on any atom is -0.000672 e. The zero-order chi connectivity index (χ0) is 14.6. The first-order chi connectivity index (χ1) is 8.76. The Bertz CT molecular complexity index is 86.3. The summed E-state index contributed by atoms with van der Waals surface area (Å²) in [6.07, 6.45) is 7.65. The summed E-state index contributed by atoms with van der Waals surface area (Å²) < 4.78 is 0. The first-order valence-electron chi connectivity index (χ1n) is 8.19. The highest BCUT2D eigenvalue weighted by Gasteiger charge is 2.01. The zero-order valence-corrected chi connectivity index (χ0v) is 14.1. The lowest BCUT2D eigenvalue weighted by Gasteiger charge is -2.21. The van der Waals surface area contributed by atoms with Crippen LogP contribution in [0.15, 0.2) is 0 Å². The molecule has 0 aromatic carbocycles. The van der Waals surface area contributed by atoms with E-state index >= 15 is 0 Å². The van der Waals surface area contributed by atoms with E-state index in [1.165, 1.54) is 51.7 Å². The monoisotopic (exact) mass is 260 g/mol. The van der Waals surface area contributed by atoms with E-state index in [0.717, 1.165) is 13.0 Å². The van der Waals surface area contributed by atoms with Crippen molar-refractivity contribution >= 4 is 0 Å². The maximum absolute atomic E-state index is 5.51. The molecule has 0 radical (unpaired) electrons. The summed E-state index contributed by atoms with van der Waals surface area (Å²) in [5.74, 6) is 0. The molecule has 0 amide bonds. The van der Waals surface area contributed by atoms with Gasteiger partial charge in [0.05, 0.1) is 0 Å². The van der Waals surface area contributed by atoms with Gasteiger partial charge in [0.2, 0.25) is 0 Å². The van der Waals surface area contributed by atoms with Crippen LogP contribution in [-0.2, 0) is 0 Å². The van der Waals surface area contributed by atoms with E-state index in [0.29, 0.717) is 0 Å². The number of hydrogen-bond acceptors (Lipinski definition) is 2. The Kier molecular flexibility index (Phi) is 32.9. The molecule has 0 heterocycles. The number of hydrogen-bond donors (Lipinski definition) is 1. The number of nitrogens with zero attached hydrogens (tertiary/aromatic N) is 1. The van der Waals surface area contributed by atoms with Gasteiger partial charge in [0.25, 0.3) is 0 Å². The van der Waals surface area contributed by atoms with E-state index < -0.39 is 0 Å². The highest BCUT2D eigenvalue weighted by Crippen LogP contribution is 1.99. The normalized spacial score (nSPS) is 9.33. The highest BCUT2D eigenvalue weighted by atomic mass is 15.1. The van der Waals surface area contributed by atoms with Crippen LogP contribution in [0.1, 0.15) is 80.1 Å². The molecule has 0 saturated heterocycles. The van der Waals surface area contributed by atoms with Gasteiger partial charge in [-0.1, -0.05) is 60.8 Å². The Morgan fingerprint density at radius 2 is 1.06 bits per heavy atom. The summed E-state index contributed by atoms with van der Waals surface area (Å²) in [5, 5.41) is 0. The molecule has 0 spiro atoms. The lowest BCUT2D eigenvalue weighted by molar-refractivity contribution is 0.263. The quantitative estimate of drug-likeness (QED) is 0.652. The van der Waals surface area contributed by atoms with Crippen LogP contribution < -0.4 is 5.73 Å². The minimum Gasteiger partial charge on any atom is -0.330 e. The van der Waals surface area contributed by atoms with Crippen LogP contribution >= 0.6 is 0 Å². The van der Waals surface area contributed by atoms with Gasteiger partial charge in [0.15, 0.2) is 0 Å². The van der Waals surface area contributed by atoms with Gasteiger partial charge in [-0.15, -0.1) is 0 Å². The summed E-state index contributed by atoms with van der Waals surface area (Å²) in [6.45, 7) is 17.3. The van der Waals surface area contributed by atoms with Gasteiger partial charge in [-0.2, -0.15) is 0 Å². The van der Waals surface area contributed by atoms with Gasteiger partial charge in [-0.25, -0.2) is 0 Å². The molecule has 18 heavy (non-hydrogen) atoms. The van der Waals surface area contributed by atoms with Crippen LogP contribution in [0.3, 0.4) is 0 Å². The summed E-state index contributed by atoms with van der Waals surface area (Å²) in [6, 6.07) is 0. The van der Waals surface area contributed by atoms with E-state index in [9.17, 15) is 0 Å². The van der Waals surface area contributed by atoms with Crippen molar-refractivity contribution in [1.82, 2.24) is 4.90 Å². The second kappa shape index (κ2) is 25.7. The lowest BCUT2D eigenvalue weighted by atomic mass is 10.2. The van der Waals surface area contributed by atoms with E-state index in [1.807, 2.05) is 13.8 Å². The van der Waals surface area contributed by atoms with Gasteiger partial charge in [0, 0.05) is 0 Å². The van der Waals surface area contributed by atoms with E-state index in [1.54, 1.807) is 0 Å². The van der Waals surface area contributed by atoms with Crippen LogP contribution in [0, 0.1) is 0 Å². The third kappa shape index (κ3) is 24.9. The van der Waals surface area contributed by atoms with Crippen LogP contribution in [0.4, 0.5) is 0 Å². The molecule has 0 aliphatic heterocycles. The smallest absolute Gasteiger partial charge is 0.000672 e. The van der Waals surface area contributed by atoms with Crippen LogP contribution in [-0.4, -0.2) is 31.1 Å². The molecule has 0 bridgehead atoms. The van der Waals surface area contributed by atoms with Gasteiger partial charge in [-0.05, 0) is 45.4 Å². The molecule has 0 unspecified atom stereocenters. The minimum absolute atomic E-state index is 0.828. The molecule has 0 atom stereocenters. The summed E-state index contributed by atoms with van der Waals surface area (Å²) in [4.78, 5) is 2.56. The largest absolute Gasteiger partial charge is 0.330 e. The van der Waals surface area contributed by atoms with Crippen LogP contribution in [0.25, 0.3) is 0 Å². The average molecular weight is 261 g/mol. The standard InChI is InChI=1S/C11H26N2.C3H8.C2H6/c1-3-5-9-13(10-6-4-2)11-7-8-12;1-3-2;1-2/h3-12H2,1-2H3;3H2,1-2H3;1-2H3. The molecule has 0 aliphatic carbocycles. The molecule has 0 fully saturated rings. The molecule has 2 nitrogen and oxygen atoms in total. The predicted molar refractivity (Wildman–Crippen MR) is 87.2 cm³/mol. The van der Waals surface area contributed by atoms with Crippen molar-refractivity contribution in [3.8, 4) is 0 Å². The maximum atomic E-state index is 5.51. The first kappa shape index (κ1) is 23.0. The van der Waals surface area contributed by atoms with E-state index in [2.05, 4.69) is 32.6 Å². The number of nitrogens with two attached hydrogens (primary N) is 1. The highest BCUT2D eigenvalue weighted by molar-refractivity contribution is 4.58. The van der Waals surface area contributed by atoms with Gasteiger partial charge in [-0.3, -0.25) is 0 Å². The Morgan fingerprint density at radius 1 is 0.722 bits per heavy atom. The molecule has 0 aromatic heterocycles. The Labute approximate surface area is 117 Å². The van der Waals surface area contributed by atoms with Gasteiger partial charge < -0.3 is 10.6 Å². The Morgan fingerprint density at radius 3 is 1.33 bits per heavy atom. The molecule has 2 heteroatoms. The van der Waals surface area contributed by atoms with Crippen molar-refractivity contribution in [2.45, 2.75) is 80.1 Å². The lowest BCUT2D eigenvalue weighted by Crippen LogP contribution is -2.28. The second-order valence-corrected chi connectivity index (χ2v) is 4.40. The molecule has 0 aromatic rings. The fourth-order valence-corrected chi connectivity index (χ4v) is 1.41. The third-order valence-electron chi connectivity index (χ3n) is 2.33. The van der Waals surface area contributed by atoms with Gasteiger partial charge in [0.1, 0.15) is 0 Å². The molecule has 0 rings (SSSR count). The van der Waals surface area contributed by atoms with Crippen molar-refractivity contribution in [2.75, 3.05) is 26.2 Å². The van der Waals surface area contributed by atoms with Crippen LogP contribution in [0.2, 0.25) is 0 Å². The number of unbranched alkanes of at least 4 members (excludes halogenated alkanes) is 2. The van der Waals surface area contributed by atoms with Crippen LogP contribution in [0.5, 0.6) is 0 Å². The molecule has 114 valence electrons. The first-order valence-corrected chi connectivity index (χ1v) is 8.19. The topological polar surface area (TPSA) is 29.3 Å². The molecule has 0 aliphatic rings. The van der Waals surface area contributed by atoms with Gasteiger partial charge >= 0.3 is 0 Å². The third-order valence-corrected chi connectivity index (χ3v) is 2.33. The van der Waals surface area contributed by atoms with Crippen molar-refractivity contribution < 1.29 is 0 Å². The van der Waals surface area contributed by atoms with E-state index in [-0.39, 0.29) is 0 Å². The molecule has 0 saturated carbocycles. The minimum atomic E-state index is 0.828. The predicted octanol–water partition coefficient (Wildman–Crippen LogP) is 4.68. The fraction of sp³-hybridized carbons (Fsp3) is 1.00. The Balaban J connectivity index is -0.000000389. The average Bonchev–Trinajstić information content (AvgIpc) is 2.41. The summed E-state index contributed by atoms with van der Waals surface area (Å²) in [5.41, 5.74) is 5.51. The van der Waals surface area contributed by atoms with Crippen molar-refractivity contribution in [3.05, 3.63) is 0 Å². The summed E-state index contributed by atoms with van der Waals surface area (Å²) >= 11 is 0. The number of rotatable bonds is 9. The second-order valence-electron chi connectivity index (χ2n) is 4.40. The van der Waals surface area contributed by atoms with Crippen molar-refractivity contribution in [2.24, 2.45) is 5.73 Å². The van der Waals surface area contributed by atoms with Crippen molar-refractivity contribution in [1.29, 1.82) is 0 Å². The molecule has 2 N–H and O–H groups in total. The summed E-state index contributed by atoms with van der Waals surface area (Å²) in [7, 11) is 0. The van der Waals surface area contributed by atoms with E-state index in [4.69, 9.17) is 5.73 Å².